The number of nitrogens with zero attached hydrogens (tertiary/aromatic N) is 2. The third kappa shape index (κ3) is 5.99. The number of aryl methyl sites for hydroxylation is 1. The second kappa shape index (κ2) is 11.6. The van der Waals surface area contributed by atoms with Crippen LogP contribution in [0.15, 0.2) is 108 Å². The summed E-state index contributed by atoms with van der Waals surface area (Å²) in [5.74, 6) is 0.815. The number of aromatic nitrogens is 2. The normalized spacial score (nSPS) is 11.7. The Balaban J connectivity index is 1.21. The zero-order chi connectivity index (χ0) is 27.2. The first-order valence-electron chi connectivity index (χ1n) is 12.7. The highest BCUT2D eigenvalue weighted by Crippen LogP contribution is 2.24. The van der Waals surface area contributed by atoms with Gasteiger partial charge in [-0.2, -0.15) is 0 Å². The first-order valence-corrected chi connectivity index (χ1v) is 12.7. The van der Waals surface area contributed by atoms with Crippen molar-refractivity contribution >= 4 is 11.8 Å². The first-order chi connectivity index (χ1) is 19.0. The van der Waals surface area contributed by atoms with E-state index in [1.165, 1.54) is 4.57 Å². The van der Waals surface area contributed by atoms with Crippen LogP contribution in [0.3, 0.4) is 0 Å². The van der Waals surface area contributed by atoms with E-state index in [1.807, 2.05) is 67.6 Å². The Morgan fingerprint density at radius 1 is 0.923 bits per heavy atom. The van der Waals surface area contributed by atoms with E-state index in [0.29, 0.717) is 35.9 Å². The summed E-state index contributed by atoms with van der Waals surface area (Å²) in [6.07, 6.45) is 2.46. The average Bonchev–Trinajstić information content (AvgIpc) is 3.60. The standard InChI is InChI=1S/C32H28N2O5/c1-22-27(33-31(39-22)25-11-6-3-7-12-25)18-20-38-26-16-14-23(15-17-26)21-29(32(36)37)34-19-8-13-28(34)30(35)24-9-4-2-5-10-24/h2-17,19,29H,18,20-21H2,1H3,(H,36,37)/t29-/m0/s1. The minimum atomic E-state index is -1.01. The lowest BCUT2D eigenvalue weighted by Gasteiger charge is -2.18. The minimum absolute atomic E-state index is 0.214. The quantitative estimate of drug-likeness (QED) is 0.209. The summed E-state index contributed by atoms with van der Waals surface area (Å²) >= 11 is 0. The van der Waals surface area contributed by atoms with Crippen molar-refractivity contribution < 1.29 is 23.8 Å². The van der Waals surface area contributed by atoms with Crippen molar-refractivity contribution in [2.45, 2.75) is 25.8 Å². The van der Waals surface area contributed by atoms with Crippen molar-refractivity contribution in [1.29, 1.82) is 0 Å². The summed E-state index contributed by atoms with van der Waals surface area (Å²) in [4.78, 5) is 29.8. The molecule has 5 rings (SSSR count). The molecule has 0 aliphatic rings. The number of oxazole rings is 1. The maximum absolute atomic E-state index is 13.0. The fourth-order valence-corrected chi connectivity index (χ4v) is 4.47. The molecule has 196 valence electrons. The maximum atomic E-state index is 13.0. The molecule has 0 bridgehead atoms. The highest BCUT2D eigenvalue weighted by molar-refractivity contribution is 6.08. The van der Waals surface area contributed by atoms with Gasteiger partial charge in [0, 0.05) is 30.2 Å². The Kier molecular flexibility index (Phi) is 7.68. The Hall–Kier alpha value is -4.91. The van der Waals surface area contributed by atoms with Crippen LogP contribution in [0.4, 0.5) is 0 Å². The molecule has 0 saturated heterocycles. The van der Waals surface area contributed by atoms with Gasteiger partial charge in [-0.05, 0) is 48.9 Å². The van der Waals surface area contributed by atoms with Crippen molar-refractivity contribution in [1.82, 2.24) is 9.55 Å². The van der Waals surface area contributed by atoms with E-state index in [4.69, 9.17) is 9.15 Å². The second-order valence-electron chi connectivity index (χ2n) is 9.18. The molecule has 2 heterocycles. The molecule has 7 nitrogen and oxygen atoms in total. The molecule has 3 aromatic carbocycles. The van der Waals surface area contributed by atoms with Crippen molar-refractivity contribution in [2.75, 3.05) is 6.61 Å². The molecule has 39 heavy (non-hydrogen) atoms. The topological polar surface area (TPSA) is 94.6 Å². The second-order valence-corrected chi connectivity index (χ2v) is 9.18. The van der Waals surface area contributed by atoms with Gasteiger partial charge in [-0.1, -0.05) is 60.7 Å². The van der Waals surface area contributed by atoms with Crippen LogP contribution < -0.4 is 4.74 Å². The largest absolute Gasteiger partial charge is 0.493 e. The number of benzene rings is 3. The lowest BCUT2D eigenvalue weighted by atomic mass is 10.0. The molecule has 0 unspecified atom stereocenters. The number of hydrogen-bond donors (Lipinski definition) is 1. The number of rotatable bonds is 11. The SMILES string of the molecule is Cc1oc(-c2ccccc2)nc1CCOc1ccc(C[C@@H](C(=O)O)n2cccc2C(=O)c2ccccc2)cc1. The smallest absolute Gasteiger partial charge is 0.327 e. The van der Waals surface area contributed by atoms with Gasteiger partial charge in [0.05, 0.1) is 18.0 Å². The van der Waals surface area contributed by atoms with Crippen LogP contribution in [0.1, 0.15) is 39.1 Å². The van der Waals surface area contributed by atoms with Crippen LogP contribution >= 0.6 is 0 Å². The molecule has 0 fully saturated rings. The average molecular weight is 521 g/mol. The van der Waals surface area contributed by atoms with Crippen LogP contribution in [-0.2, 0) is 17.6 Å². The molecule has 0 spiro atoms. The molecule has 2 aromatic heterocycles. The van der Waals surface area contributed by atoms with Gasteiger partial charge in [-0.15, -0.1) is 0 Å². The highest BCUT2D eigenvalue weighted by Gasteiger charge is 2.25. The number of carbonyl (C=O) groups is 2. The van der Waals surface area contributed by atoms with E-state index in [0.717, 1.165) is 22.6 Å². The number of carboxylic acid groups (broad SMARTS) is 1. The highest BCUT2D eigenvalue weighted by atomic mass is 16.5. The van der Waals surface area contributed by atoms with Gasteiger partial charge in [0.2, 0.25) is 11.7 Å². The summed E-state index contributed by atoms with van der Waals surface area (Å²) in [5.41, 5.74) is 3.45. The summed E-state index contributed by atoms with van der Waals surface area (Å²) in [5, 5.41) is 9.99. The molecule has 1 N–H and O–H groups in total. The molecule has 0 amide bonds. The van der Waals surface area contributed by atoms with E-state index in [-0.39, 0.29) is 12.2 Å². The molecule has 0 aliphatic carbocycles. The van der Waals surface area contributed by atoms with E-state index < -0.39 is 12.0 Å². The predicted octanol–water partition coefficient (Wildman–Crippen LogP) is 6.17. The molecular weight excluding hydrogens is 492 g/mol. The number of ketones is 1. The van der Waals surface area contributed by atoms with Crippen LogP contribution in [0, 0.1) is 6.92 Å². The van der Waals surface area contributed by atoms with Gasteiger partial charge in [0.1, 0.15) is 17.6 Å². The summed E-state index contributed by atoms with van der Waals surface area (Å²) in [6.45, 7) is 2.32. The fourth-order valence-electron chi connectivity index (χ4n) is 4.47. The van der Waals surface area contributed by atoms with Crippen LogP contribution in [0.25, 0.3) is 11.5 Å². The van der Waals surface area contributed by atoms with Gasteiger partial charge >= 0.3 is 5.97 Å². The van der Waals surface area contributed by atoms with Crippen LogP contribution in [-0.4, -0.2) is 33.0 Å². The summed E-state index contributed by atoms with van der Waals surface area (Å²) in [7, 11) is 0. The third-order valence-electron chi connectivity index (χ3n) is 6.54. The molecule has 0 aliphatic heterocycles. The van der Waals surface area contributed by atoms with Crippen molar-refractivity contribution in [2.24, 2.45) is 0 Å². The lowest BCUT2D eigenvalue weighted by molar-refractivity contribution is -0.140. The van der Waals surface area contributed by atoms with Crippen LogP contribution in [0.2, 0.25) is 0 Å². The number of aliphatic carboxylic acids is 1. The van der Waals surface area contributed by atoms with E-state index in [2.05, 4.69) is 4.98 Å². The van der Waals surface area contributed by atoms with Crippen molar-refractivity contribution in [3.05, 3.63) is 132 Å². The van der Waals surface area contributed by atoms with Gasteiger partial charge in [0.15, 0.2) is 0 Å². The Morgan fingerprint density at radius 3 is 2.31 bits per heavy atom. The number of carboxylic acids is 1. The van der Waals surface area contributed by atoms with Crippen molar-refractivity contribution in [3.63, 3.8) is 0 Å². The number of ether oxygens (including phenoxy) is 1. The molecular formula is C32H28N2O5. The maximum Gasteiger partial charge on any atom is 0.327 e. The number of carbonyl (C=O) groups excluding carboxylic acids is 1. The Labute approximate surface area is 226 Å². The zero-order valence-electron chi connectivity index (χ0n) is 21.5. The van der Waals surface area contributed by atoms with E-state index in [9.17, 15) is 14.7 Å². The molecule has 7 heteroatoms. The molecule has 5 aromatic rings. The first kappa shape index (κ1) is 25.7. The monoisotopic (exact) mass is 520 g/mol. The summed E-state index contributed by atoms with van der Waals surface area (Å²) < 4.78 is 13.3. The lowest BCUT2D eigenvalue weighted by Crippen LogP contribution is -2.24. The van der Waals surface area contributed by atoms with Gasteiger partial charge in [0.25, 0.3) is 0 Å². The number of hydrogen-bond acceptors (Lipinski definition) is 5. The predicted molar refractivity (Wildman–Crippen MR) is 147 cm³/mol. The Bertz CT molecular complexity index is 1550. The van der Waals surface area contributed by atoms with Crippen molar-refractivity contribution in [3.8, 4) is 17.2 Å². The van der Waals surface area contributed by atoms with Crippen LogP contribution in [0.5, 0.6) is 5.75 Å². The van der Waals surface area contributed by atoms with E-state index in [1.54, 1.807) is 42.6 Å². The Morgan fingerprint density at radius 2 is 1.62 bits per heavy atom. The van der Waals surface area contributed by atoms with Gasteiger partial charge in [-0.25, -0.2) is 9.78 Å². The van der Waals surface area contributed by atoms with E-state index >= 15 is 0 Å². The molecule has 0 saturated carbocycles. The van der Waals surface area contributed by atoms with Gasteiger partial charge < -0.3 is 18.8 Å². The fraction of sp³-hybridized carbons (Fsp3) is 0.156. The molecule has 0 radical (unpaired) electrons. The third-order valence-corrected chi connectivity index (χ3v) is 6.54. The summed E-state index contributed by atoms with van der Waals surface area (Å²) in [6, 6.07) is 28.4. The van der Waals surface area contributed by atoms with Gasteiger partial charge in [-0.3, -0.25) is 4.79 Å². The minimum Gasteiger partial charge on any atom is -0.493 e. The zero-order valence-corrected chi connectivity index (χ0v) is 21.5. The molecule has 1 atom stereocenters.